The third-order valence-corrected chi connectivity index (χ3v) is 6.61. The van der Waals surface area contributed by atoms with Gasteiger partial charge in [-0.3, -0.25) is 4.90 Å². The smallest absolute Gasteiger partial charge is 0.415 e. The highest BCUT2D eigenvalue weighted by Gasteiger charge is 2.33. The highest BCUT2D eigenvalue weighted by molar-refractivity contribution is 7.89. The Morgan fingerprint density at radius 2 is 1.61 bits per heavy atom. The number of halogens is 4. The van der Waals surface area contributed by atoms with Gasteiger partial charge >= 0.3 is 6.09 Å². The molecule has 0 radical (unpaired) electrons. The van der Waals surface area contributed by atoms with Crippen LogP contribution < -0.4 is 4.90 Å². The first-order valence-corrected chi connectivity index (χ1v) is 11.3. The van der Waals surface area contributed by atoms with Gasteiger partial charge in [0.15, 0.2) is 33.1 Å². The van der Waals surface area contributed by atoms with Crippen molar-refractivity contribution in [1.29, 1.82) is 0 Å². The van der Waals surface area contributed by atoms with E-state index in [1.807, 2.05) is 0 Å². The number of cyclic esters (lactones) is 1. The first kappa shape index (κ1) is 23.1. The summed E-state index contributed by atoms with van der Waals surface area (Å²) in [4.78, 5) is 13.6. The maximum atomic E-state index is 14.1. The number of ether oxygens (including phenoxy) is 1. The number of hydrogen-bond acceptors (Lipinski definition) is 4. The zero-order chi connectivity index (χ0) is 23.2. The molecule has 1 unspecified atom stereocenters. The molecule has 1 amide bonds. The van der Waals surface area contributed by atoms with Crippen LogP contribution in [0.25, 0.3) is 0 Å². The highest BCUT2D eigenvalue weighted by Crippen LogP contribution is 2.36. The molecule has 1 aliphatic heterocycles. The maximum absolute atomic E-state index is 14.1. The average molecular weight is 459 g/mol. The summed E-state index contributed by atoms with van der Waals surface area (Å²) in [6.07, 6.45) is -1.15. The van der Waals surface area contributed by atoms with E-state index in [2.05, 4.69) is 0 Å². The van der Waals surface area contributed by atoms with Gasteiger partial charge in [0, 0.05) is 22.7 Å². The average Bonchev–Trinajstić information content (AvgIpc) is 2.68. The van der Waals surface area contributed by atoms with Gasteiger partial charge in [0.05, 0.1) is 17.2 Å². The minimum Gasteiger partial charge on any atom is -0.441 e. The van der Waals surface area contributed by atoms with Crippen LogP contribution in [0.5, 0.6) is 0 Å². The predicted octanol–water partition coefficient (Wildman–Crippen LogP) is 5.09. The number of sulfone groups is 1. The number of benzene rings is 2. The molecule has 168 valence electrons. The molecule has 0 saturated carbocycles. The minimum atomic E-state index is -4.20. The van der Waals surface area contributed by atoms with Crippen molar-refractivity contribution in [2.75, 3.05) is 4.90 Å². The highest BCUT2D eigenvalue weighted by atomic mass is 32.2. The van der Waals surface area contributed by atoms with Gasteiger partial charge in [-0.2, -0.15) is 0 Å². The van der Waals surface area contributed by atoms with Gasteiger partial charge in [-0.25, -0.2) is 30.8 Å². The molecule has 1 heterocycles. The van der Waals surface area contributed by atoms with Crippen LogP contribution in [-0.2, 0) is 26.1 Å². The Labute approximate surface area is 177 Å². The summed E-state index contributed by atoms with van der Waals surface area (Å²) in [6.45, 7) is 6.08. The van der Waals surface area contributed by atoms with E-state index in [1.54, 1.807) is 26.8 Å². The number of nitrogens with zero attached hydrogens (tertiary/aromatic N) is 1. The monoisotopic (exact) mass is 459 g/mol. The first-order valence-electron chi connectivity index (χ1n) is 9.48. The van der Waals surface area contributed by atoms with Gasteiger partial charge in [-0.05, 0) is 45.4 Å². The van der Waals surface area contributed by atoms with Crippen molar-refractivity contribution in [3.05, 3.63) is 63.7 Å². The number of fused-ring (bicyclic) bond motifs is 1. The van der Waals surface area contributed by atoms with Crippen molar-refractivity contribution >= 4 is 21.6 Å². The second-order valence-corrected chi connectivity index (χ2v) is 9.84. The van der Waals surface area contributed by atoms with Crippen molar-refractivity contribution in [3.63, 3.8) is 0 Å². The van der Waals surface area contributed by atoms with Crippen LogP contribution >= 0.6 is 0 Å². The summed E-state index contributed by atoms with van der Waals surface area (Å²) < 4.78 is 86.2. The fourth-order valence-electron chi connectivity index (χ4n) is 3.54. The Hall–Kier alpha value is -2.62. The molecule has 0 aliphatic carbocycles. The van der Waals surface area contributed by atoms with E-state index in [0.29, 0.717) is 11.3 Å². The summed E-state index contributed by atoms with van der Waals surface area (Å²) in [5.41, 5.74) is -0.609. The Bertz CT molecular complexity index is 1140. The molecule has 0 bridgehead atoms. The lowest BCUT2D eigenvalue weighted by Gasteiger charge is -2.35. The molecule has 3 rings (SSSR count). The maximum Gasteiger partial charge on any atom is 0.415 e. The normalized spacial score (nSPS) is 16.5. The number of rotatable bonds is 5. The SMILES string of the molecule is Cc1c(F)c(F)c(CS(=O)(=O)Cc2ccc3c(c2)C(C)OC(=O)N3C(C)C)c(F)c1F. The quantitative estimate of drug-likeness (QED) is 0.462. The Kier molecular flexibility index (Phi) is 6.05. The first-order chi connectivity index (χ1) is 14.3. The Morgan fingerprint density at radius 1 is 1.03 bits per heavy atom. The van der Waals surface area contributed by atoms with Gasteiger partial charge < -0.3 is 4.74 Å². The summed E-state index contributed by atoms with van der Waals surface area (Å²) >= 11 is 0. The standard InChI is InChI=1S/C21H21F4NO4S/c1-10(2)26-16-6-5-13(7-14(16)12(4)30-21(26)27)8-31(28,29)9-15-19(24)17(22)11(3)18(23)20(15)25/h5-7,10,12H,8-9H2,1-4H3. The number of carbonyl (C=O) groups excluding carboxylic acids is 1. The molecule has 0 spiro atoms. The van der Waals surface area contributed by atoms with Crippen LogP contribution in [0.3, 0.4) is 0 Å². The molecule has 5 nitrogen and oxygen atoms in total. The molecule has 0 saturated heterocycles. The Balaban J connectivity index is 1.94. The molecule has 1 atom stereocenters. The van der Waals surface area contributed by atoms with Crippen LogP contribution in [-0.4, -0.2) is 20.6 Å². The van der Waals surface area contributed by atoms with E-state index >= 15 is 0 Å². The summed E-state index contributed by atoms with van der Waals surface area (Å²) in [5.74, 6) is -8.53. The fraction of sp³-hybridized carbons (Fsp3) is 0.381. The van der Waals surface area contributed by atoms with Crippen LogP contribution in [0.1, 0.15) is 49.1 Å². The molecule has 0 N–H and O–H groups in total. The summed E-state index contributed by atoms with van der Waals surface area (Å²) in [6, 6.07) is 4.37. The molecule has 2 aromatic carbocycles. The van der Waals surface area contributed by atoms with Crippen molar-refractivity contribution in [2.45, 2.75) is 51.3 Å². The lowest BCUT2D eigenvalue weighted by Crippen LogP contribution is -2.41. The molecular formula is C21H21F4NO4S. The molecule has 31 heavy (non-hydrogen) atoms. The van der Waals surface area contributed by atoms with Crippen molar-refractivity contribution in [2.24, 2.45) is 0 Å². The fourth-order valence-corrected chi connectivity index (χ4v) is 5.02. The zero-order valence-corrected chi connectivity index (χ0v) is 18.1. The lowest BCUT2D eigenvalue weighted by molar-refractivity contribution is 0.106. The van der Waals surface area contributed by atoms with Crippen LogP contribution in [0.15, 0.2) is 18.2 Å². The molecule has 10 heteroatoms. The number of anilines is 1. The Morgan fingerprint density at radius 3 is 2.16 bits per heavy atom. The number of carbonyl (C=O) groups is 1. The van der Waals surface area contributed by atoms with Gasteiger partial charge in [-0.1, -0.05) is 6.07 Å². The largest absolute Gasteiger partial charge is 0.441 e. The van der Waals surface area contributed by atoms with Gasteiger partial charge in [-0.15, -0.1) is 0 Å². The van der Waals surface area contributed by atoms with Gasteiger partial charge in [0.2, 0.25) is 0 Å². The summed E-state index contributed by atoms with van der Waals surface area (Å²) in [7, 11) is -4.20. The lowest BCUT2D eigenvalue weighted by atomic mass is 10.0. The minimum absolute atomic E-state index is 0.203. The van der Waals surface area contributed by atoms with Crippen molar-refractivity contribution in [1.82, 2.24) is 0 Å². The third-order valence-electron chi connectivity index (χ3n) is 5.10. The van der Waals surface area contributed by atoms with Crippen molar-refractivity contribution < 1.29 is 35.5 Å². The number of amides is 1. The number of hydrogen-bond donors (Lipinski definition) is 0. The van der Waals surface area contributed by atoms with Crippen LogP contribution in [0.4, 0.5) is 28.0 Å². The molecule has 0 fully saturated rings. The molecule has 1 aliphatic rings. The van der Waals surface area contributed by atoms with E-state index in [0.717, 1.165) is 6.92 Å². The topological polar surface area (TPSA) is 63.7 Å². The van der Waals surface area contributed by atoms with E-state index in [4.69, 9.17) is 4.74 Å². The summed E-state index contributed by atoms with van der Waals surface area (Å²) in [5, 5.41) is 0. The zero-order valence-electron chi connectivity index (χ0n) is 17.3. The third kappa shape index (κ3) is 4.26. The second kappa shape index (κ2) is 8.14. The van der Waals surface area contributed by atoms with Crippen LogP contribution in [0, 0.1) is 30.2 Å². The van der Waals surface area contributed by atoms with Gasteiger partial charge in [0.25, 0.3) is 0 Å². The predicted molar refractivity (Wildman–Crippen MR) is 106 cm³/mol. The molecule has 0 aromatic heterocycles. The molecule has 2 aromatic rings. The molecular weight excluding hydrogens is 438 g/mol. The van der Waals surface area contributed by atoms with Crippen LogP contribution in [0.2, 0.25) is 0 Å². The van der Waals surface area contributed by atoms with E-state index in [-0.39, 0.29) is 11.6 Å². The van der Waals surface area contributed by atoms with Crippen molar-refractivity contribution in [3.8, 4) is 0 Å². The van der Waals surface area contributed by atoms with Gasteiger partial charge in [0.1, 0.15) is 6.10 Å². The van der Waals surface area contributed by atoms with E-state index < -0.39 is 67.9 Å². The second-order valence-electron chi connectivity index (χ2n) is 7.77. The van der Waals surface area contributed by atoms with E-state index in [1.165, 1.54) is 17.0 Å². The van der Waals surface area contributed by atoms with E-state index in [9.17, 15) is 30.8 Å².